The number of aromatic nitrogens is 2. The highest BCUT2D eigenvalue weighted by molar-refractivity contribution is 5.89. The lowest BCUT2D eigenvalue weighted by atomic mass is 10.2. The van der Waals surface area contributed by atoms with Crippen molar-refractivity contribution in [1.29, 1.82) is 0 Å². The Morgan fingerprint density at radius 2 is 1.93 bits per heavy atom. The number of amides is 3. The topological polar surface area (TPSA) is 161 Å². The van der Waals surface area contributed by atoms with Gasteiger partial charge in [0.05, 0.1) is 6.61 Å². The van der Waals surface area contributed by atoms with Crippen molar-refractivity contribution in [2.75, 3.05) is 35.6 Å². The number of carboxylic acid groups (broad SMARTS) is 1. The number of carbonyl (C=O) groups excluding carboxylic acids is 1. The van der Waals surface area contributed by atoms with Crippen LogP contribution < -0.4 is 26.6 Å². The predicted octanol–water partition coefficient (Wildman–Crippen LogP) is 1.92. The zero-order chi connectivity index (χ0) is 21.1. The fourth-order valence-corrected chi connectivity index (χ4v) is 2.37. The Labute approximate surface area is 168 Å². The zero-order valence-corrected chi connectivity index (χ0v) is 16.0. The minimum atomic E-state index is -1.07. The Balaban J connectivity index is 2.01. The lowest BCUT2D eigenvalue weighted by Gasteiger charge is -2.12. The fourth-order valence-electron chi connectivity index (χ4n) is 2.37. The van der Waals surface area contributed by atoms with Crippen LogP contribution in [0.5, 0.6) is 0 Å². The monoisotopic (exact) mass is 403 g/mol. The van der Waals surface area contributed by atoms with E-state index in [1.54, 1.807) is 24.3 Å². The molecule has 7 N–H and O–H groups in total. The number of urea groups is 1. The van der Waals surface area contributed by atoms with Crippen LogP contribution in [-0.4, -0.2) is 51.9 Å². The summed E-state index contributed by atoms with van der Waals surface area (Å²) >= 11 is 0. The van der Waals surface area contributed by atoms with E-state index in [4.69, 9.17) is 5.11 Å². The zero-order valence-electron chi connectivity index (χ0n) is 16.0. The van der Waals surface area contributed by atoms with Gasteiger partial charge < -0.3 is 36.8 Å². The first-order valence-electron chi connectivity index (χ1n) is 9.11. The van der Waals surface area contributed by atoms with E-state index < -0.39 is 6.09 Å². The molecule has 0 aliphatic rings. The summed E-state index contributed by atoms with van der Waals surface area (Å²) in [4.78, 5) is 30.6. The standard InChI is InChI=1S/C18H25N7O4/c1-2-19-17(27)24-14-6-3-5-13(9-14)23-16-22-10-12(11-26)15(25-16)20-7-4-8-21-18(28)29/h3,5-6,9-10,21,26H,2,4,7-8,11H2,1H3,(H,28,29)(H2,19,24,27)(H2,20,22,23,25). The van der Waals surface area contributed by atoms with Crippen LogP contribution in [0.1, 0.15) is 18.9 Å². The number of aliphatic hydroxyl groups is 1. The number of rotatable bonds is 10. The first kappa shape index (κ1) is 21.7. The molecule has 0 fully saturated rings. The molecule has 156 valence electrons. The van der Waals surface area contributed by atoms with Crippen molar-refractivity contribution in [1.82, 2.24) is 20.6 Å². The van der Waals surface area contributed by atoms with E-state index in [1.807, 2.05) is 6.92 Å². The van der Waals surface area contributed by atoms with Crippen molar-refractivity contribution in [3.63, 3.8) is 0 Å². The molecule has 1 heterocycles. The Morgan fingerprint density at radius 1 is 1.14 bits per heavy atom. The van der Waals surface area contributed by atoms with Gasteiger partial charge in [-0.2, -0.15) is 4.98 Å². The average molecular weight is 403 g/mol. The van der Waals surface area contributed by atoms with Gasteiger partial charge in [0.1, 0.15) is 5.82 Å². The van der Waals surface area contributed by atoms with Crippen LogP contribution in [0.15, 0.2) is 30.5 Å². The molecule has 2 rings (SSSR count). The predicted molar refractivity (Wildman–Crippen MR) is 110 cm³/mol. The van der Waals surface area contributed by atoms with E-state index in [0.717, 1.165) is 0 Å². The lowest BCUT2D eigenvalue weighted by molar-refractivity contribution is 0.194. The van der Waals surface area contributed by atoms with Gasteiger partial charge in [-0.1, -0.05) is 6.07 Å². The first-order chi connectivity index (χ1) is 14.0. The van der Waals surface area contributed by atoms with Gasteiger partial charge in [-0.05, 0) is 31.5 Å². The molecule has 1 aromatic carbocycles. The summed E-state index contributed by atoms with van der Waals surface area (Å²) in [6.45, 7) is 2.90. The summed E-state index contributed by atoms with van der Waals surface area (Å²) in [5.41, 5.74) is 1.80. The highest BCUT2D eigenvalue weighted by atomic mass is 16.4. The van der Waals surface area contributed by atoms with Gasteiger partial charge in [0.25, 0.3) is 0 Å². The van der Waals surface area contributed by atoms with Crippen LogP contribution in [-0.2, 0) is 6.61 Å². The SMILES string of the molecule is CCNC(=O)Nc1cccc(Nc2ncc(CO)c(NCCCNC(=O)O)n2)c1. The van der Waals surface area contributed by atoms with Gasteiger partial charge in [-0.25, -0.2) is 14.6 Å². The number of aliphatic hydroxyl groups excluding tert-OH is 1. The summed E-state index contributed by atoms with van der Waals surface area (Å²) in [5.74, 6) is 0.764. The van der Waals surface area contributed by atoms with Crippen LogP contribution >= 0.6 is 0 Å². The highest BCUT2D eigenvalue weighted by Gasteiger charge is 2.08. The Hall–Kier alpha value is -3.60. The van der Waals surface area contributed by atoms with Crippen LogP contribution in [0.3, 0.4) is 0 Å². The molecule has 0 unspecified atom stereocenters. The van der Waals surface area contributed by atoms with Crippen molar-refractivity contribution in [2.45, 2.75) is 20.0 Å². The van der Waals surface area contributed by atoms with Gasteiger partial charge in [0.15, 0.2) is 0 Å². The Bertz CT molecular complexity index is 832. The summed E-state index contributed by atoms with van der Waals surface area (Å²) in [6.07, 6.45) is 0.986. The third-order valence-electron chi connectivity index (χ3n) is 3.67. The minimum Gasteiger partial charge on any atom is -0.465 e. The molecule has 0 saturated heterocycles. The third kappa shape index (κ3) is 7.50. The molecular formula is C18H25N7O4. The van der Waals surface area contributed by atoms with E-state index in [-0.39, 0.29) is 12.6 Å². The normalized spacial score (nSPS) is 10.1. The molecule has 0 aliphatic carbocycles. The second kappa shape index (κ2) is 11.3. The summed E-state index contributed by atoms with van der Waals surface area (Å²) in [6, 6.07) is 6.78. The molecule has 0 radical (unpaired) electrons. The van der Waals surface area contributed by atoms with E-state index >= 15 is 0 Å². The molecule has 29 heavy (non-hydrogen) atoms. The van der Waals surface area contributed by atoms with E-state index in [0.29, 0.717) is 54.8 Å². The Morgan fingerprint density at radius 3 is 2.66 bits per heavy atom. The number of nitrogens with one attached hydrogen (secondary N) is 5. The number of anilines is 4. The quantitative estimate of drug-likeness (QED) is 0.296. The van der Waals surface area contributed by atoms with Crippen LogP contribution in [0.2, 0.25) is 0 Å². The Kier molecular flexibility index (Phi) is 8.45. The maximum Gasteiger partial charge on any atom is 0.404 e. The second-order valence-corrected chi connectivity index (χ2v) is 5.93. The molecule has 2 aromatic rings. The van der Waals surface area contributed by atoms with Gasteiger partial charge in [0.2, 0.25) is 5.95 Å². The maximum absolute atomic E-state index is 11.6. The minimum absolute atomic E-state index is 0.234. The van der Waals surface area contributed by atoms with Crippen LogP contribution in [0, 0.1) is 0 Å². The number of carbonyl (C=O) groups is 2. The van der Waals surface area contributed by atoms with Crippen molar-refractivity contribution in [2.24, 2.45) is 0 Å². The second-order valence-electron chi connectivity index (χ2n) is 5.93. The number of nitrogens with zero attached hydrogens (tertiary/aromatic N) is 2. The molecule has 0 atom stereocenters. The molecular weight excluding hydrogens is 378 g/mol. The molecule has 1 aromatic heterocycles. The van der Waals surface area contributed by atoms with Gasteiger partial charge in [-0.3, -0.25) is 0 Å². The number of hydrogen-bond acceptors (Lipinski definition) is 7. The average Bonchev–Trinajstić information content (AvgIpc) is 2.68. The molecule has 0 aliphatic heterocycles. The summed E-state index contributed by atoms with van der Waals surface area (Å²) in [5, 5.41) is 31.8. The van der Waals surface area contributed by atoms with Gasteiger partial charge in [0, 0.05) is 42.8 Å². The van der Waals surface area contributed by atoms with Crippen molar-refractivity contribution in [3.05, 3.63) is 36.0 Å². The van der Waals surface area contributed by atoms with Crippen LogP contribution in [0.4, 0.5) is 32.7 Å². The van der Waals surface area contributed by atoms with Gasteiger partial charge >= 0.3 is 12.1 Å². The molecule has 0 spiro atoms. The number of hydrogen-bond donors (Lipinski definition) is 7. The highest BCUT2D eigenvalue weighted by Crippen LogP contribution is 2.20. The molecule has 11 nitrogen and oxygen atoms in total. The fraction of sp³-hybridized carbons (Fsp3) is 0.333. The molecule has 3 amide bonds. The van der Waals surface area contributed by atoms with Crippen LogP contribution in [0.25, 0.3) is 0 Å². The maximum atomic E-state index is 11.6. The molecule has 0 saturated carbocycles. The lowest BCUT2D eigenvalue weighted by Crippen LogP contribution is -2.28. The van der Waals surface area contributed by atoms with Crippen molar-refractivity contribution < 1.29 is 19.8 Å². The van der Waals surface area contributed by atoms with Crippen molar-refractivity contribution >= 4 is 35.3 Å². The first-order valence-corrected chi connectivity index (χ1v) is 9.11. The smallest absolute Gasteiger partial charge is 0.404 e. The van der Waals surface area contributed by atoms with Crippen molar-refractivity contribution in [3.8, 4) is 0 Å². The van der Waals surface area contributed by atoms with Gasteiger partial charge in [-0.15, -0.1) is 0 Å². The summed E-state index contributed by atoms with van der Waals surface area (Å²) < 4.78 is 0. The van der Waals surface area contributed by atoms with E-state index in [9.17, 15) is 14.7 Å². The largest absolute Gasteiger partial charge is 0.465 e. The van der Waals surface area contributed by atoms with E-state index in [2.05, 4.69) is 36.6 Å². The third-order valence-corrected chi connectivity index (χ3v) is 3.67. The summed E-state index contributed by atoms with van der Waals surface area (Å²) in [7, 11) is 0. The molecule has 0 bridgehead atoms. The van der Waals surface area contributed by atoms with E-state index in [1.165, 1.54) is 6.20 Å². The number of benzene rings is 1. The molecule has 11 heteroatoms.